The molecule has 0 saturated heterocycles. The number of para-hydroxylation sites is 3. The van der Waals surface area contributed by atoms with Crippen LogP contribution in [0.3, 0.4) is 0 Å². The predicted molar refractivity (Wildman–Crippen MR) is 223 cm³/mol. The second-order valence-corrected chi connectivity index (χ2v) is 14.0. The quantitative estimate of drug-likeness (QED) is 0.159. The minimum absolute atomic E-state index is 0.581. The van der Waals surface area contributed by atoms with Gasteiger partial charge in [0, 0.05) is 38.4 Å². The lowest BCUT2D eigenvalue weighted by atomic mass is 10.00. The predicted octanol–water partition coefficient (Wildman–Crippen LogP) is 12.4. The molecule has 3 aromatic heterocycles. The minimum atomic E-state index is 0.581. The Balaban J connectivity index is 1.21. The van der Waals surface area contributed by atoms with Crippen molar-refractivity contribution < 1.29 is 0 Å². The fraction of sp³-hybridized carbons (Fsp3) is 0.0816. The summed E-state index contributed by atoms with van der Waals surface area (Å²) in [6, 6.07) is 60.2. The number of aryl methyl sites for hydroxylation is 1. The topological polar surface area (TPSA) is 48.5 Å². The maximum atomic E-state index is 5.29. The van der Waals surface area contributed by atoms with E-state index in [1.165, 1.54) is 40.3 Å². The lowest BCUT2D eigenvalue weighted by molar-refractivity contribution is 0.795. The summed E-state index contributed by atoms with van der Waals surface area (Å²) in [5.41, 5.74) is 11.1. The number of rotatable bonds is 8. The van der Waals surface area contributed by atoms with Crippen molar-refractivity contribution >= 4 is 43.6 Å². The summed E-state index contributed by atoms with van der Waals surface area (Å²) in [7, 11) is 0. The summed E-state index contributed by atoms with van der Waals surface area (Å²) in [5, 5.41) is 4.74. The first kappa shape index (κ1) is 31.9. The molecule has 0 aliphatic carbocycles. The van der Waals surface area contributed by atoms with Gasteiger partial charge >= 0.3 is 0 Å². The molecule has 0 aliphatic rings. The van der Waals surface area contributed by atoms with Crippen molar-refractivity contribution in [2.24, 2.45) is 0 Å². The fourth-order valence-corrected chi connectivity index (χ4v) is 7.89. The van der Waals surface area contributed by atoms with Crippen molar-refractivity contribution in [2.45, 2.75) is 26.2 Å². The molecule has 0 fully saturated rings. The van der Waals surface area contributed by atoms with Gasteiger partial charge in [-0.05, 0) is 72.0 Å². The Morgan fingerprint density at radius 3 is 1.69 bits per heavy atom. The smallest absolute Gasteiger partial charge is 0.238 e. The first-order valence-electron chi connectivity index (χ1n) is 18.8. The maximum absolute atomic E-state index is 5.29. The van der Waals surface area contributed by atoms with Gasteiger partial charge in [0.1, 0.15) is 0 Å². The molecule has 10 rings (SSSR count). The Morgan fingerprint density at radius 2 is 0.981 bits per heavy atom. The van der Waals surface area contributed by atoms with Gasteiger partial charge < -0.3 is 4.57 Å². The molecule has 0 radical (unpaired) electrons. The molecule has 5 heteroatoms. The normalized spacial score (nSPS) is 11.6. The molecule has 258 valence electrons. The Morgan fingerprint density at radius 1 is 0.407 bits per heavy atom. The molecule has 7 aromatic carbocycles. The lowest BCUT2D eigenvalue weighted by Gasteiger charge is -2.12. The van der Waals surface area contributed by atoms with Crippen LogP contribution in [0.5, 0.6) is 0 Å². The third kappa shape index (κ3) is 5.44. The van der Waals surface area contributed by atoms with Gasteiger partial charge in [-0.1, -0.05) is 141 Å². The van der Waals surface area contributed by atoms with E-state index in [4.69, 9.17) is 15.0 Å². The monoisotopic (exact) mass is 695 g/mol. The highest BCUT2D eigenvalue weighted by Crippen LogP contribution is 2.39. The van der Waals surface area contributed by atoms with E-state index >= 15 is 0 Å². The number of fused-ring (bicyclic) bond motifs is 6. The number of benzene rings is 7. The van der Waals surface area contributed by atoms with Crippen molar-refractivity contribution in [1.29, 1.82) is 0 Å². The zero-order chi connectivity index (χ0) is 36.0. The van der Waals surface area contributed by atoms with E-state index in [1.54, 1.807) is 0 Å². The van der Waals surface area contributed by atoms with E-state index in [2.05, 4.69) is 168 Å². The molecule has 0 atom stereocenters. The minimum Gasteiger partial charge on any atom is -0.309 e. The molecule has 0 saturated carbocycles. The van der Waals surface area contributed by atoms with Crippen LogP contribution >= 0.6 is 0 Å². The van der Waals surface area contributed by atoms with Crippen molar-refractivity contribution in [3.05, 3.63) is 175 Å². The van der Waals surface area contributed by atoms with Crippen LogP contribution in [0.4, 0.5) is 0 Å². The zero-order valence-corrected chi connectivity index (χ0v) is 30.0. The third-order valence-corrected chi connectivity index (χ3v) is 10.6. The van der Waals surface area contributed by atoms with E-state index in [1.807, 2.05) is 18.2 Å². The van der Waals surface area contributed by atoms with Crippen molar-refractivity contribution in [3.8, 4) is 45.5 Å². The number of hydrogen-bond acceptors (Lipinski definition) is 3. The molecule has 0 aliphatic heterocycles. The van der Waals surface area contributed by atoms with Crippen molar-refractivity contribution in [2.75, 3.05) is 0 Å². The van der Waals surface area contributed by atoms with Crippen molar-refractivity contribution in [3.63, 3.8) is 0 Å². The molecule has 10 aromatic rings. The van der Waals surface area contributed by atoms with Crippen LogP contribution in [0.1, 0.15) is 25.3 Å². The van der Waals surface area contributed by atoms with Gasteiger partial charge in [-0.3, -0.25) is 4.57 Å². The number of unbranched alkanes of at least 4 members (excludes halogenated alkanes) is 1. The molecule has 0 spiro atoms. The van der Waals surface area contributed by atoms with Crippen LogP contribution in [-0.2, 0) is 6.42 Å². The second-order valence-electron chi connectivity index (χ2n) is 14.0. The van der Waals surface area contributed by atoms with Gasteiger partial charge in [0.25, 0.3) is 0 Å². The van der Waals surface area contributed by atoms with Crippen LogP contribution in [0.15, 0.2) is 170 Å². The average molecular weight is 696 g/mol. The molecule has 3 heterocycles. The summed E-state index contributed by atoms with van der Waals surface area (Å²) in [6.07, 6.45) is 3.50. The maximum Gasteiger partial charge on any atom is 0.238 e. The van der Waals surface area contributed by atoms with Crippen LogP contribution in [0, 0.1) is 0 Å². The second kappa shape index (κ2) is 13.3. The van der Waals surface area contributed by atoms with E-state index in [0.717, 1.165) is 56.1 Å². The highest BCUT2D eigenvalue weighted by atomic mass is 15.2. The molecule has 0 unspecified atom stereocenters. The van der Waals surface area contributed by atoms with Gasteiger partial charge in [0.2, 0.25) is 5.95 Å². The summed E-state index contributed by atoms with van der Waals surface area (Å²) in [6.45, 7) is 2.24. The SMILES string of the molecule is CCCCc1ccc(-c2cccc(-c3nc(-c4ccccc4)nc(-n4c5ccccc5c5cc6c7ccccc7n(-c7ccccc7)c6cc54)n3)c2)cc1. The molecular formula is C49H37N5. The van der Waals surface area contributed by atoms with Gasteiger partial charge in [-0.2, -0.15) is 9.97 Å². The van der Waals surface area contributed by atoms with Gasteiger partial charge in [0.15, 0.2) is 11.6 Å². The van der Waals surface area contributed by atoms with Gasteiger partial charge in [0.05, 0.1) is 22.1 Å². The third-order valence-electron chi connectivity index (χ3n) is 10.6. The lowest BCUT2D eigenvalue weighted by Crippen LogP contribution is -2.06. The summed E-state index contributed by atoms with van der Waals surface area (Å²) >= 11 is 0. The standard InChI is InChI=1S/C49H37N5/c1-2-3-15-33-26-28-34(29-27-33)36-18-14-19-37(30-36)48-50-47(35-16-6-4-7-17-35)51-49(52-48)54-44-25-13-11-23-40(44)42-31-41-39-22-10-12-24-43(39)53(45(41)32-46(42)54)38-20-8-5-9-21-38/h4-14,16-32H,2-3,15H2,1H3. The summed E-state index contributed by atoms with van der Waals surface area (Å²) in [5.74, 6) is 1.84. The molecule has 54 heavy (non-hydrogen) atoms. The Kier molecular flexibility index (Phi) is 7.84. The molecular weight excluding hydrogens is 659 g/mol. The number of nitrogens with zero attached hydrogens (tertiary/aromatic N) is 5. The number of aromatic nitrogens is 5. The van der Waals surface area contributed by atoms with Crippen LogP contribution in [0.2, 0.25) is 0 Å². The highest BCUT2D eigenvalue weighted by Gasteiger charge is 2.21. The molecule has 0 bridgehead atoms. The summed E-state index contributed by atoms with van der Waals surface area (Å²) < 4.78 is 4.58. The molecule has 0 N–H and O–H groups in total. The van der Waals surface area contributed by atoms with Crippen LogP contribution < -0.4 is 0 Å². The summed E-state index contributed by atoms with van der Waals surface area (Å²) in [4.78, 5) is 15.6. The van der Waals surface area contributed by atoms with Crippen molar-refractivity contribution in [1.82, 2.24) is 24.1 Å². The Labute approximate surface area is 313 Å². The average Bonchev–Trinajstić information content (AvgIpc) is 3.74. The largest absolute Gasteiger partial charge is 0.309 e. The van der Waals surface area contributed by atoms with E-state index < -0.39 is 0 Å². The highest BCUT2D eigenvalue weighted by molar-refractivity contribution is 6.19. The fourth-order valence-electron chi connectivity index (χ4n) is 7.89. The van der Waals surface area contributed by atoms with E-state index in [9.17, 15) is 0 Å². The molecule has 0 amide bonds. The van der Waals surface area contributed by atoms with Crippen LogP contribution in [0.25, 0.3) is 89.2 Å². The zero-order valence-electron chi connectivity index (χ0n) is 30.0. The van der Waals surface area contributed by atoms with Gasteiger partial charge in [-0.25, -0.2) is 4.98 Å². The van der Waals surface area contributed by atoms with Crippen LogP contribution in [-0.4, -0.2) is 24.1 Å². The number of hydrogen-bond donors (Lipinski definition) is 0. The van der Waals surface area contributed by atoms with E-state index in [-0.39, 0.29) is 0 Å². The van der Waals surface area contributed by atoms with Gasteiger partial charge in [-0.15, -0.1) is 0 Å². The van der Waals surface area contributed by atoms with E-state index in [0.29, 0.717) is 17.6 Å². The molecule has 5 nitrogen and oxygen atoms in total. The Bertz CT molecular complexity index is 2960. The Hall–Kier alpha value is -6.85. The first-order valence-corrected chi connectivity index (χ1v) is 18.8. The first-order chi connectivity index (χ1) is 26.7.